The number of fused-ring (bicyclic) bond motifs is 1. The lowest BCUT2D eigenvalue weighted by molar-refractivity contribution is 0.0740. The van der Waals surface area contributed by atoms with Crippen molar-refractivity contribution < 1.29 is 13.6 Å². The Labute approximate surface area is 133 Å². The summed E-state index contributed by atoms with van der Waals surface area (Å²) >= 11 is 0. The summed E-state index contributed by atoms with van der Waals surface area (Å²) < 4.78 is 27.3. The van der Waals surface area contributed by atoms with Crippen LogP contribution in [0.1, 0.15) is 40.0 Å². The zero-order valence-electron chi connectivity index (χ0n) is 13.1. The van der Waals surface area contributed by atoms with Crippen molar-refractivity contribution in [1.82, 2.24) is 10.2 Å². The number of hydrogen-bond acceptors (Lipinski definition) is 2. The fourth-order valence-corrected chi connectivity index (χ4v) is 2.85. The normalized spacial score (nSPS) is 14.4. The summed E-state index contributed by atoms with van der Waals surface area (Å²) in [5, 5.41) is 3.23. The van der Waals surface area contributed by atoms with Gasteiger partial charge in [0.1, 0.15) is 11.6 Å². The number of benzene rings is 2. The molecule has 120 valence electrons. The average Bonchev–Trinajstić information content (AvgIpc) is 3.02. The van der Waals surface area contributed by atoms with E-state index in [1.165, 1.54) is 10.5 Å². The fourth-order valence-electron chi connectivity index (χ4n) is 2.85. The Morgan fingerprint density at radius 2 is 1.87 bits per heavy atom. The molecule has 2 aromatic carbocycles. The van der Waals surface area contributed by atoms with Crippen LogP contribution in [0.25, 0.3) is 0 Å². The van der Waals surface area contributed by atoms with Crippen LogP contribution in [0.2, 0.25) is 0 Å². The average molecular weight is 316 g/mol. The molecule has 1 unspecified atom stereocenters. The third kappa shape index (κ3) is 2.97. The van der Waals surface area contributed by atoms with Crippen LogP contribution in [0, 0.1) is 11.6 Å². The highest BCUT2D eigenvalue weighted by molar-refractivity contribution is 5.94. The zero-order valence-corrected chi connectivity index (χ0v) is 13.1. The van der Waals surface area contributed by atoms with Gasteiger partial charge in [0.2, 0.25) is 0 Å². The second-order valence-corrected chi connectivity index (χ2v) is 5.84. The SMILES string of the molecule is CC(c1cc(F)ccc1F)N(C)C(=O)c1ccc2c(c1)CNC2. The lowest BCUT2D eigenvalue weighted by Crippen LogP contribution is -2.30. The largest absolute Gasteiger partial charge is 0.335 e. The minimum atomic E-state index is -0.565. The van der Waals surface area contributed by atoms with Crippen LogP contribution >= 0.6 is 0 Å². The zero-order chi connectivity index (χ0) is 16.6. The highest BCUT2D eigenvalue weighted by atomic mass is 19.1. The van der Waals surface area contributed by atoms with Gasteiger partial charge >= 0.3 is 0 Å². The Balaban J connectivity index is 1.85. The van der Waals surface area contributed by atoms with Crippen molar-refractivity contribution in [2.24, 2.45) is 0 Å². The van der Waals surface area contributed by atoms with Crippen LogP contribution in [0.3, 0.4) is 0 Å². The van der Waals surface area contributed by atoms with Crippen LogP contribution in [-0.4, -0.2) is 17.9 Å². The number of carbonyl (C=O) groups excluding carboxylic acids is 1. The Morgan fingerprint density at radius 1 is 1.13 bits per heavy atom. The molecule has 0 aromatic heterocycles. The number of nitrogens with zero attached hydrogens (tertiary/aromatic N) is 1. The summed E-state index contributed by atoms with van der Waals surface area (Å²) in [4.78, 5) is 14.1. The molecule has 1 aliphatic rings. The second kappa shape index (κ2) is 6.08. The van der Waals surface area contributed by atoms with Crippen molar-refractivity contribution in [2.75, 3.05) is 7.05 Å². The maximum absolute atomic E-state index is 13.9. The van der Waals surface area contributed by atoms with Crippen LogP contribution in [-0.2, 0) is 13.1 Å². The molecule has 0 fully saturated rings. The molecule has 0 aliphatic carbocycles. The van der Waals surface area contributed by atoms with Gasteiger partial charge in [0.05, 0.1) is 6.04 Å². The van der Waals surface area contributed by atoms with E-state index in [-0.39, 0.29) is 11.5 Å². The molecular formula is C18H18F2N2O. The van der Waals surface area contributed by atoms with E-state index in [0.29, 0.717) is 5.56 Å². The third-order valence-electron chi connectivity index (χ3n) is 4.39. The van der Waals surface area contributed by atoms with Gasteiger partial charge in [0.25, 0.3) is 5.91 Å². The van der Waals surface area contributed by atoms with Gasteiger partial charge in [0, 0.05) is 31.3 Å². The van der Waals surface area contributed by atoms with Crippen molar-refractivity contribution in [1.29, 1.82) is 0 Å². The predicted molar refractivity (Wildman–Crippen MR) is 83.9 cm³/mol. The molecule has 1 heterocycles. The summed E-state index contributed by atoms with van der Waals surface area (Å²) in [6.45, 7) is 3.24. The molecule has 2 aromatic rings. The number of nitrogens with one attached hydrogen (secondary N) is 1. The van der Waals surface area contributed by atoms with Gasteiger partial charge in [0.15, 0.2) is 0 Å². The molecule has 23 heavy (non-hydrogen) atoms. The van der Waals surface area contributed by atoms with Crippen LogP contribution in [0.15, 0.2) is 36.4 Å². The molecular weight excluding hydrogens is 298 g/mol. The standard InChI is InChI=1S/C18H18F2N2O/c1-11(16-8-15(19)5-6-17(16)20)22(2)18(23)12-3-4-13-9-21-10-14(13)7-12/h3-8,11,21H,9-10H2,1-2H3. The maximum atomic E-state index is 13.9. The van der Waals surface area contributed by atoms with Gasteiger partial charge in [-0.05, 0) is 48.4 Å². The number of carbonyl (C=O) groups is 1. The van der Waals surface area contributed by atoms with Gasteiger partial charge in [-0.3, -0.25) is 4.79 Å². The Morgan fingerprint density at radius 3 is 2.65 bits per heavy atom. The highest BCUT2D eigenvalue weighted by Crippen LogP contribution is 2.25. The lowest BCUT2D eigenvalue weighted by Gasteiger charge is -2.26. The number of amides is 1. The lowest BCUT2D eigenvalue weighted by atomic mass is 10.0. The molecule has 3 nitrogen and oxygen atoms in total. The number of hydrogen-bond donors (Lipinski definition) is 1. The van der Waals surface area contributed by atoms with E-state index >= 15 is 0 Å². The van der Waals surface area contributed by atoms with Crippen molar-refractivity contribution in [3.05, 3.63) is 70.3 Å². The van der Waals surface area contributed by atoms with Gasteiger partial charge in [-0.1, -0.05) is 6.07 Å². The minimum absolute atomic E-state index is 0.170. The third-order valence-corrected chi connectivity index (χ3v) is 4.39. The number of halogens is 2. The molecule has 0 saturated carbocycles. The molecule has 1 N–H and O–H groups in total. The summed E-state index contributed by atoms with van der Waals surface area (Å²) in [6, 6.07) is 8.30. The van der Waals surface area contributed by atoms with Crippen molar-refractivity contribution in [2.45, 2.75) is 26.1 Å². The van der Waals surface area contributed by atoms with Crippen LogP contribution < -0.4 is 5.32 Å². The molecule has 0 spiro atoms. The smallest absolute Gasteiger partial charge is 0.254 e. The molecule has 3 rings (SSSR count). The molecule has 1 amide bonds. The van der Waals surface area contributed by atoms with Gasteiger partial charge in [-0.25, -0.2) is 8.78 Å². The van der Waals surface area contributed by atoms with E-state index in [1.807, 2.05) is 12.1 Å². The van der Waals surface area contributed by atoms with Gasteiger partial charge in [-0.2, -0.15) is 0 Å². The highest BCUT2D eigenvalue weighted by Gasteiger charge is 2.23. The summed E-state index contributed by atoms with van der Waals surface area (Å²) in [7, 11) is 1.60. The van der Waals surface area contributed by atoms with Crippen molar-refractivity contribution in [3.8, 4) is 0 Å². The topological polar surface area (TPSA) is 32.3 Å². The Bertz CT molecular complexity index is 761. The first-order valence-corrected chi connectivity index (χ1v) is 7.52. The summed E-state index contributed by atoms with van der Waals surface area (Å²) in [5.41, 5.74) is 3.02. The first-order chi connectivity index (χ1) is 11.0. The molecule has 0 radical (unpaired) electrons. The second-order valence-electron chi connectivity index (χ2n) is 5.84. The van der Waals surface area contributed by atoms with E-state index in [2.05, 4.69) is 5.32 Å². The first-order valence-electron chi connectivity index (χ1n) is 7.52. The van der Waals surface area contributed by atoms with Gasteiger partial charge < -0.3 is 10.2 Å². The van der Waals surface area contributed by atoms with Crippen LogP contribution in [0.4, 0.5) is 8.78 Å². The maximum Gasteiger partial charge on any atom is 0.254 e. The Kier molecular flexibility index (Phi) is 4.13. The van der Waals surface area contributed by atoms with E-state index < -0.39 is 17.7 Å². The summed E-state index contributed by atoms with van der Waals surface area (Å²) in [6.07, 6.45) is 0. The predicted octanol–water partition coefficient (Wildman–Crippen LogP) is 3.40. The molecule has 1 atom stereocenters. The van der Waals surface area contributed by atoms with E-state index in [1.54, 1.807) is 20.0 Å². The molecule has 5 heteroatoms. The van der Waals surface area contributed by atoms with Crippen molar-refractivity contribution >= 4 is 5.91 Å². The van der Waals surface area contributed by atoms with E-state index in [0.717, 1.165) is 36.9 Å². The minimum Gasteiger partial charge on any atom is -0.335 e. The summed E-state index contributed by atoms with van der Waals surface area (Å²) in [5.74, 6) is -1.25. The van der Waals surface area contributed by atoms with E-state index in [4.69, 9.17) is 0 Å². The van der Waals surface area contributed by atoms with Crippen LogP contribution in [0.5, 0.6) is 0 Å². The first kappa shape index (κ1) is 15.6. The number of rotatable bonds is 3. The van der Waals surface area contributed by atoms with Crippen molar-refractivity contribution in [3.63, 3.8) is 0 Å². The van der Waals surface area contributed by atoms with E-state index in [9.17, 15) is 13.6 Å². The molecule has 0 saturated heterocycles. The Hall–Kier alpha value is -2.27. The molecule has 1 aliphatic heterocycles. The fraction of sp³-hybridized carbons (Fsp3) is 0.278. The monoisotopic (exact) mass is 316 g/mol. The van der Waals surface area contributed by atoms with Gasteiger partial charge in [-0.15, -0.1) is 0 Å². The quantitative estimate of drug-likeness (QED) is 0.941. The molecule has 0 bridgehead atoms.